The summed E-state index contributed by atoms with van der Waals surface area (Å²) in [6.45, 7) is 1.16. The van der Waals surface area contributed by atoms with Crippen LogP contribution in [0.15, 0.2) is 22.8 Å². The molecule has 1 N–H and O–H groups in total. The summed E-state index contributed by atoms with van der Waals surface area (Å²) in [5.74, 6) is 0.723. The van der Waals surface area contributed by atoms with Crippen LogP contribution in [-0.4, -0.2) is 45.4 Å². The number of carbonyl (C=O) groups excluding carboxylic acids is 1. The van der Waals surface area contributed by atoms with Crippen LogP contribution in [0.1, 0.15) is 0 Å². The number of aromatic nitrogens is 4. The van der Waals surface area contributed by atoms with Crippen molar-refractivity contribution in [2.24, 2.45) is 0 Å². The number of tetrazole rings is 1. The average Bonchev–Trinajstić information content (AvgIpc) is 2.92. The molecule has 1 aliphatic rings. The maximum absolute atomic E-state index is 11.6. The lowest BCUT2D eigenvalue weighted by Gasteiger charge is -2.26. The third-order valence-electron chi connectivity index (χ3n) is 2.48. The SMILES string of the molecule is O=C(Cn1nnc(-c2ccco2)n1)NC1COC1. The molecule has 0 saturated carbocycles. The lowest BCUT2D eigenvalue weighted by Crippen LogP contribution is -2.49. The van der Waals surface area contributed by atoms with Crippen LogP contribution in [-0.2, 0) is 16.1 Å². The molecule has 0 spiro atoms. The van der Waals surface area contributed by atoms with Crippen molar-refractivity contribution >= 4 is 5.91 Å². The predicted molar refractivity (Wildman–Crippen MR) is 58.3 cm³/mol. The van der Waals surface area contributed by atoms with Crippen LogP contribution in [0.25, 0.3) is 11.6 Å². The van der Waals surface area contributed by atoms with Crippen molar-refractivity contribution in [3.8, 4) is 11.6 Å². The highest BCUT2D eigenvalue weighted by Crippen LogP contribution is 2.12. The topological polar surface area (TPSA) is 95.1 Å². The van der Waals surface area contributed by atoms with Gasteiger partial charge in [-0.25, -0.2) is 0 Å². The normalized spacial score (nSPS) is 15.3. The molecule has 1 fully saturated rings. The van der Waals surface area contributed by atoms with E-state index in [-0.39, 0.29) is 18.5 Å². The Morgan fingerprint density at radius 1 is 1.56 bits per heavy atom. The molecule has 0 aliphatic carbocycles. The maximum atomic E-state index is 11.6. The zero-order valence-electron chi connectivity index (χ0n) is 9.44. The summed E-state index contributed by atoms with van der Waals surface area (Å²) < 4.78 is 10.1. The molecular formula is C10H11N5O3. The Hall–Kier alpha value is -2.22. The second kappa shape index (κ2) is 4.57. The number of rotatable bonds is 4. The number of hydrogen-bond donors (Lipinski definition) is 1. The summed E-state index contributed by atoms with van der Waals surface area (Å²) in [5.41, 5.74) is 0. The standard InChI is InChI=1S/C10H11N5O3/c16-9(11-7-5-17-6-7)4-15-13-10(12-14-15)8-2-1-3-18-8/h1-3,7H,4-6H2,(H,11,16). The van der Waals surface area contributed by atoms with Gasteiger partial charge in [0.05, 0.1) is 25.5 Å². The molecule has 0 unspecified atom stereocenters. The highest BCUT2D eigenvalue weighted by Gasteiger charge is 2.21. The van der Waals surface area contributed by atoms with Crippen molar-refractivity contribution in [2.75, 3.05) is 13.2 Å². The molecule has 2 aromatic heterocycles. The molecule has 0 atom stereocenters. The predicted octanol–water partition coefficient (Wildman–Crippen LogP) is -0.552. The van der Waals surface area contributed by atoms with Gasteiger partial charge in [0.25, 0.3) is 0 Å². The van der Waals surface area contributed by atoms with Gasteiger partial charge in [-0.15, -0.1) is 10.2 Å². The van der Waals surface area contributed by atoms with Gasteiger partial charge in [-0.1, -0.05) is 0 Å². The van der Waals surface area contributed by atoms with Crippen LogP contribution in [0.5, 0.6) is 0 Å². The minimum absolute atomic E-state index is 0.0320. The van der Waals surface area contributed by atoms with Gasteiger partial charge >= 0.3 is 0 Å². The largest absolute Gasteiger partial charge is 0.461 e. The zero-order chi connectivity index (χ0) is 12.4. The van der Waals surface area contributed by atoms with Crippen LogP contribution in [0, 0.1) is 0 Å². The third kappa shape index (κ3) is 2.23. The highest BCUT2D eigenvalue weighted by molar-refractivity contribution is 5.75. The van der Waals surface area contributed by atoms with Crippen LogP contribution in [0.4, 0.5) is 0 Å². The molecule has 0 bridgehead atoms. The van der Waals surface area contributed by atoms with E-state index in [1.54, 1.807) is 12.1 Å². The molecule has 3 rings (SSSR count). The van der Waals surface area contributed by atoms with E-state index in [2.05, 4.69) is 20.7 Å². The summed E-state index contributed by atoms with van der Waals surface area (Å²) in [4.78, 5) is 12.8. The summed E-state index contributed by atoms with van der Waals surface area (Å²) in [7, 11) is 0. The quantitative estimate of drug-likeness (QED) is 0.781. The number of nitrogens with one attached hydrogen (secondary N) is 1. The van der Waals surface area contributed by atoms with Crippen LogP contribution >= 0.6 is 0 Å². The first-order valence-corrected chi connectivity index (χ1v) is 5.50. The van der Waals surface area contributed by atoms with Gasteiger partial charge in [-0.05, 0) is 17.3 Å². The molecule has 8 nitrogen and oxygen atoms in total. The van der Waals surface area contributed by atoms with Crippen LogP contribution in [0.3, 0.4) is 0 Å². The Morgan fingerprint density at radius 2 is 2.44 bits per heavy atom. The molecular weight excluding hydrogens is 238 g/mol. The molecule has 18 heavy (non-hydrogen) atoms. The smallest absolute Gasteiger partial charge is 0.244 e. The van der Waals surface area contributed by atoms with Crippen molar-refractivity contribution in [1.82, 2.24) is 25.5 Å². The van der Waals surface area contributed by atoms with E-state index >= 15 is 0 Å². The Bertz CT molecular complexity index is 531. The first kappa shape index (κ1) is 10.9. The first-order chi connectivity index (χ1) is 8.81. The number of hydrogen-bond acceptors (Lipinski definition) is 6. The molecule has 8 heteroatoms. The van der Waals surface area contributed by atoms with Gasteiger partial charge in [-0.3, -0.25) is 4.79 Å². The highest BCUT2D eigenvalue weighted by atomic mass is 16.5. The van der Waals surface area contributed by atoms with Gasteiger partial charge < -0.3 is 14.5 Å². The molecule has 94 valence electrons. The summed E-state index contributed by atoms with van der Waals surface area (Å²) in [5, 5.41) is 14.4. The van der Waals surface area contributed by atoms with Crippen LogP contribution in [0.2, 0.25) is 0 Å². The number of amides is 1. The van der Waals surface area contributed by atoms with E-state index < -0.39 is 0 Å². The minimum atomic E-state index is -0.160. The number of furan rings is 1. The number of carbonyl (C=O) groups is 1. The van der Waals surface area contributed by atoms with Crippen molar-refractivity contribution in [1.29, 1.82) is 0 Å². The zero-order valence-corrected chi connectivity index (χ0v) is 9.44. The van der Waals surface area contributed by atoms with E-state index in [1.807, 2.05) is 0 Å². The molecule has 1 saturated heterocycles. The van der Waals surface area contributed by atoms with Crippen molar-refractivity contribution in [3.05, 3.63) is 18.4 Å². The summed E-state index contributed by atoms with van der Waals surface area (Å²) in [6, 6.07) is 3.57. The first-order valence-electron chi connectivity index (χ1n) is 5.50. The molecule has 2 aromatic rings. The fourth-order valence-corrected chi connectivity index (χ4v) is 1.54. The molecule has 0 aromatic carbocycles. The van der Waals surface area contributed by atoms with Gasteiger partial charge in [-0.2, -0.15) is 4.80 Å². The number of nitrogens with zero attached hydrogens (tertiary/aromatic N) is 4. The van der Waals surface area contributed by atoms with E-state index in [9.17, 15) is 4.79 Å². The maximum Gasteiger partial charge on any atom is 0.244 e. The van der Waals surface area contributed by atoms with E-state index in [4.69, 9.17) is 9.15 Å². The third-order valence-corrected chi connectivity index (χ3v) is 2.48. The second-order valence-electron chi connectivity index (χ2n) is 3.92. The Morgan fingerprint density at radius 3 is 3.11 bits per heavy atom. The Kier molecular flexibility index (Phi) is 2.77. The fraction of sp³-hybridized carbons (Fsp3) is 0.400. The van der Waals surface area contributed by atoms with Crippen molar-refractivity contribution in [3.63, 3.8) is 0 Å². The lowest BCUT2D eigenvalue weighted by molar-refractivity contribution is -0.126. The van der Waals surface area contributed by atoms with Gasteiger partial charge in [0.2, 0.25) is 11.7 Å². The summed E-state index contributed by atoms with van der Waals surface area (Å²) >= 11 is 0. The Labute approximate surface area is 102 Å². The van der Waals surface area contributed by atoms with E-state index in [0.717, 1.165) is 0 Å². The molecule has 0 radical (unpaired) electrons. The van der Waals surface area contributed by atoms with Crippen molar-refractivity contribution in [2.45, 2.75) is 12.6 Å². The van der Waals surface area contributed by atoms with E-state index in [1.165, 1.54) is 11.1 Å². The summed E-state index contributed by atoms with van der Waals surface area (Å²) in [6.07, 6.45) is 1.53. The van der Waals surface area contributed by atoms with E-state index in [0.29, 0.717) is 24.8 Å². The molecule has 1 amide bonds. The Balaban J connectivity index is 1.61. The second-order valence-corrected chi connectivity index (χ2v) is 3.92. The average molecular weight is 249 g/mol. The van der Waals surface area contributed by atoms with Gasteiger partial charge in [0.15, 0.2) is 5.76 Å². The monoisotopic (exact) mass is 249 g/mol. The lowest BCUT2D eigenvalue weighted by atomic mass is 10.2. The molecule has 1 aliphatic heterocycles. The van der Waals surface area contributed by atoms with Crippen LogP contribution < -0.4 is 5.32 Å². The van der Waals surface area contributed by atoms with Gasteiger partial charge in [0.1, 0.15) is 6.54 Å². The van der Waals surface area contributed by atoms with Crippen molar-refractivity contribution < 1.29 is 13.9 Å². The minimum Gasteiger partial charge on any atom is -0.461 e. The fourth-order valence-electron chi connectivity index (χ4n) is 1.54. The van der Waals surface area contributed by atoms with Gasteiger partial charge in [0, 0.05) is 0 Å². The number of ether oxygens (including phenoxy) is 1. The molecule has 3 heterocycles.